The topological polar surface area (TPSA) is 81.3 Å². The summed E-state index contributed by atoms with van der Waals surface area (Å²) in [5.41, 5.74) is 4.69. The van der Waals surface area contributed by atoms with E-state index >= 15 is 0 Å². The van der Waals surface area contributed by atoms with Gasteiger partial charge >= 0.3 is 0 Å². The Bertz CT molecular complexity index is 1140. The Hall–Kier alpha value is -3.16. The van der Waals surface area contributed by atoms with Crippen LogP contribution in [0, 0.1) is 0 Å². The van der Waals surface area contributed by atoms with Gasteiger partial charge in [-0.3, -0.25) is 19.6 Å². The lowest BCUT2D eigenvalue weighted by Crippen LogP contribution is -2.37. The van der Waals surface area contributed by atoms with E-state index in [1.807, 2.05) is 30.3 Å². The predicted octanol–water partition coefficient (Wildman–Crippen LogP) is 4.14. The first-order valence-electron chi connectivity index (χ1n) is 12.6. The maximum Gasteiger partial charge on any atom is 0.272 e. The van der Waals surface area contributed by atoms with Gasteiger partial charge in [0.15, 0.2) is 0 Å². The molecule has 3 aromatic rings. The molecule has 2 N–H and O–H groups in total. The lowest BCUT2D eigenvalue weighted by molar-refractivity contribution is -0.117. The zero-order valence-corrected chi connectivity index (χ0v) is 21.3. The van der Waals surface area contributed by atoms with Gasteiger partial charge in [-0.05, 0) is 68.1 Å². The smallest absolute Gasteiger partial charge is 0.272 e. The quantitative estimate of drug-likeness (QED) is 0.480. The van der Waals surface area contributed by atoms with Crippen molar-refractivity contribution in [3.8, 4) is 0 Å². The van der Waals surface area contributed by atoms with Crippen LogP contribution in [0.5, 0.6) is 0 Å². The minimum atomic E-state index is -0.247. The molecule has 0 spiro atoms. The molecular formula is C28H34ClN5O2. The van der Waals surface area contributed by atoms with Crippen molar-refractivity contribution in [2.24, 2.45) is 0 Å². The van der Waals surface area contributed by atoms with E-state index in [0.29, 0.717) is 18.7 Å². The van der Waals surface area contributed by atoms with Crippen molar-refractivity contribution in [3.63, 3.8) is 0 Å². The average Bonchev–Trinajstić information content (AvgIpc) is 3.51. The second kappa shape index (κ2) is 12.2. The minimum absolute atomic E-state index is 0. The predicted molar refractivity (Wildman–Crippen MR) is 143 cm³/mol. The largest absolute Gasteiger partial charge is 0.346 e. The minimum Gasteiger partial charge on any atom is -0.346 e. The lowest BCUT2D eigenvalue weighted by Gasteiger charge is -2.26. The highest BCUT2D eigenvalue weighted by atomic mass is 35.5. The molecule has 2 fully saturated rings. The summed E-state index contributed by atoms with van der Waals surface area (Å²) in [7, 11) is 0. The molecule has 2 aliphatic heterocycles. The molecule has 8 heteroatoms. The molecule has 2 aliphatic rings. The third kappa shape index (κ3) is 6.53. The van der Waals surface area contributed by atoms with Crippen LogP contribution in [0.4, 0.5) is 5.69 Å². The number of H-pyrrole nitrogens is 1. The average molecular weight is 508 g/mol. The fraction of sp³-hybridized carbons (Fsp3) is 0.393. The zero-order valence-electron chi connectivity index (χ0n) is 20.5. The van der Waals surface area contributed by atoms with Gasteiger partial charge in [0.05, 0.1) is 6.04 Å². The molecule has 1 aromatic heterocycles. The highest BCUT2D eigenvalue weighted by molar-refractivity contribution is 5.98. The van der Waals surface area contributed by atoms with Crippen LogP contribution in [0.25, 0.3) is 0 Å². The molecular weight excluding hydrogens is 474 g/mol. The number of amides is 2. The summed E-state index contributed by atoms with van der Waals surface area (Å²) in [6, 6.07) is 20.1. The van der Waals surface area contributed by atoms with Crippen molar-refractivity contribution < 1.29 is 9.59 Å². The molecule has 7 nitrogen and oxygen atoms in total. The van der Waals surface area contributed by atoms with Gasteiger partial charge in [-0.25, -0.2) is 0 Å². The van der Waals surface area contributed by atoms with Crippen LogP contribution in [0.3, 0.4) is 0 Å². The van der Waals surface area contributed by atoms with Crippen LogP contribution < -0.4 is 10.2 Å². The summed E-state index contributed by atoms with van der Waals surface area (Å²) < 4.78 is 0. The second-order valence-electron chi connectivity index (χ2n) is 9.65. The Morgan fingerprint density at radius 3 is 2.47 bits per heavy atom. The summed E-state index contributed by atoms with van der Waals surface area (Å²) in [4.78, 5) is 29.7. The van der Waals surface area contributed by atoms with Gasteiger partial charge in [0.2, 0.25) is 5.91 Å². The first-order chi connectivity index (χ1) is 17.1. The molecule has 0 saturated carbocycles. The molecule has 2 saturated heterocycles. The number of benzene rings is 2. The summed E-state index contributed by atoms with van der Waals surface area (Å²) in [5, 5.41) is 10.1. The highest BCUT2D eigenvalue weighted by Gasteiger charge is 2.32. The van der Waals surface area contributed by atoms with Gasteiger partial charge in [0, 0.05) is 30.9 Å². The van der Waals surface area contributed by atoms with Crippen LogP contribution >= 0.6 is 12.4 Å². The Balaban J connectivity index is 0.00000304. The molecule has 1 atom stereocenters. The Morgan fingerprint density at radius 1 is 0.972 bits per heavy atom. The second-order valence-corrected chi connectivity index (χ2v) is 9.65. The first kappa shape index (κ1) is 25.9. The zero-order chi connectivity index (χ0) is 24.0. The Kier molecular flexibility index (Phi) is 8.78. The number of halogens is 1. The highest BCUT2D eigenvalue weighted by Crippen LogP contribution is 2.23. The number of aromatic amines is 1. The van der Waals surface area contributed by atoms with Crippen LogP contribution in [0.15, 0.2) is 60.7 Å². The summed E-state index contributed by atoms with van der Waals surface area (Å²) >= 11 is 0. The maximum absolute atomic E-state index is 12.7. The molecule has 190 valence electrons. The molecule has 0 aliphatic carbocycles. The molecule has 1 unspecified atom stereocenters. The number of nitrogens with zero attached hydrogens (tertiary/aromatic N) is 3. The Labute approximate surface area is 218 Å². The third-order valence-corrected chi connectivity index (χ3v) is 6.95. The summed E-state index contributed by atoms with van der Waals surface area (Å²) in [6.45, 7) is 3.77. The van der Waals surface area contributed by atoms with Crippen LogP contribution in [0.1, 0.15) is 53.0 Å². The van der Waals surface area contributed by atoms with E-state index in [1.165, 1.54) is 30.4 Å². The normalized spacial score (nSPS) is 18.2. The number of carbonyl (C=O) groups excluding carboxylic acids is 2. The van der Waals surface area contributed by atoms with E-state index in [9.17, 15) is 9.59 Å². The van der Waals surface area contributed by atoms with Crippen molar-refractivity contribution >= 4 is 29.9 Å². The van der Waals surface area contributed by atoms with Crippen molar-refractivity contribution in [2.45, 2.75) is 51.1 Å². The first-order valence-corrected chi connectivity index (χ1v) is 12.6. The van der Waals surface area contributed by atoms with E-state index in [1.54, 1.807) is 11.0 Å². The van der Waals surface area contributed by atoms with Gasteiger partial charge in [-0.2, -0.15) is 5.10 Å². The van der Waals surface area contributed by atoms with Crippen molar-refractivity contribution in [1.82, 2.24) is 20.4 Å². The fourth-order valence-corrected chi connectivity index (χ4v) is 5.00. The van der Waals surface area contributed by atoms with E-state index in [4.69, 9.17) is 0 Å². The molecule has 36 heavy (non-hydrogen) atoms. The SMILES string of the molecule is Cl.O=C(NC1CC(=O)N(c2ccc(CN3CCCCC3)cc2)C1)c1cc(CCc2ccccc2)[nH]n1. The van der Waals surface area contributed by atoms with Gasteiger partial charge < -0.3 is 10.2 Å². The van der Waals surface area contributed by atoms with E-state index in [2.05, 4.69) is 44.7 Å². The molecule has 0 bridgehead atoms. The monoisotopic (exact) mass is 507 g/mol. The molecule has 0 radical (unpaired) electrons. The van der Waals surface area contributed by atoms with E-state index < -0.39 is 0 Å². The van der Waals surface area contributed by atoms with Crippen LogP contribution in [-0.2, 0) is 24.2 Å². The van der Waals surface area contributed by atoms with Gasteiger partial charge in [0.25, 0.3) is 5.91 Å². The maximum atomic E-state index is 12.7. The summed E-state index contributed by atoms with van der Waals surface area (Å²) in [6.07, 6.45) is 5.86. The van der Waals surface area contributed by atoms with E-state index in [0.717, 1.165) is 43.9 Å². The van der Waals surface area contributed by atoms with Crippen LogP contribution in [-0.4, -0.2) is 52.6 Å². The number of carbonyl (C=O) groups is 2. The number of anilines is 1. The fourth-order valence-electron chi connectivity index (χ4n) is 5.00. The van der Waals surface area contributed by atoms with E-state index in [-0.39, 0.29) is 30.3 Å². The standard InChI is InChI=1S/C28H33N5O2.ClH/c34-27-18-24(20-33(27)25-13-10-22(11-14-25)19-32-15-5-2-6-16-32)29-28(35)26-17-23(30-31-26)12-9-21-7-3-1-4-8-21;/h1,3-4,7-8,10-11,13-14,17,24H,2,5-6,9,12,15-16,18-20H2,(H,29,35)(H,30,31);1H. The number of rotatable bonds is 8. The molecule has 2 amide bonds. The van der Waals surface area contributed by atoms with Crippen molar-refractivity contribution in [1.29, 1.82) is 0 Å². The summed E-state index contributed by atoms with van der Waals surface area (Å²) in [5.74, 6) is -0.214. The molecule has 2 aromatic carbocycles. The van der Waals surface area contributed by atoms with Gasteiger partial charge in [-0.1, -0.05) is 48.9 Å². The molecule has 3 heterocycles. The molecule has 5 rings (SSSR count). The number of hydrogen-bond donors (Lipinski definition) is 2. The number of likely N-dealkylation sites (tertiary alicyclic amines) is 1. The Morgan fingerprint density at radius 2 is 1.72 bits per heavy atom. The van der Waals surface area contributed by atoms with Gasteiger partial charge in [-0.15, -0.1) is 12.4 Å². The number of nitrogens with one attached hydrogen (secondary N) is 2. The third-order valence-electron chi connectivity index (χ3n) is 6.95. The van der Waals surface area contributed by atoms with Crippen molar-refractivity contribution in [2.75, 3.05) is 24.5 Å². The number of aryl methyl sites for hydroxylation is 2. The number of aromatic nitrogens is 2. The number of hydrogen-bond acceptors (Lipinski definition) is 4. The lowest BCUT2D eigenvalue weighted by atomic mass is 10.1. The van der Waals surface area contributed by atoms with Crippen molar-refractivity contribution in [3.05, 3.63) is 83.2 Å². The number of piperidine rings is 1. The van der Waals surface area contributed by atoms with Gasteiger partial charge in [0.1, 0.15) is 5.69 Å². The van der Waals surface area contributed by atoms with Crippen LogP contribution in [0.2, 0.25) is 0 Å².